The fourth-order valence-electron chi connectivity index (χ4n) is 2.73. The summed E-state index contributed by atoms with van der Waals surface area (Å²) in [5.41, 5.74) is 7.45. The van der Waals surface area contributed by atoms with Crippen LogP contribution >= 0.6 is 34.5 Å². The number of nitrogens with zero attached hydrogens (tertiary/aromatic N) is 4. The van der Waals surface area contributed by atoms with Crippen molar-refractivity contribution in [1.29, 1.82) is 0 Å². The minimum absolute atomic E-state index is 0.543. The molecule has 0 saturated carbocycles. The highest BCUT2D eigenvalue weighted by atomic mass is 35.5. The minimum atomic E-state index is 0.543. The van der Waals surface area contributed by atoms with E-state index in [9.17, 15) is 0 Å². The minimum Gasteiger partial charge on any atom is -0.253 e. The van der Waals surface area contributed by atoms with Crippen LogP contribution in [-0.2, 0) is 0 Å². The second-order valence-electron chi connectivity index (χ2n) is 5.93. The monoisotopic (exact) mass is 427 g/mol. The number of hydrazone groups is 1. The van der Waals surface area contributed by atoms with E-state index in [2.05, 4.69) is 20.6 Å². The summed E-state index contributed by atoms with van der Waals surface area (Å²) in [6.45, 7) is 2.03. The Labute approximate surface area is 176 Å². The summed E-state index contributed by atoms with van der Waals surface area (Å²) in [5.74, 6) is 0. The molecule has 2 heterocycles. The molecule has 0 aliphatic rings. The average Bonchev–Trinajstić information content (AvgIpc) is 3.31. The standard InChI is InChI=1S/C20H15Cl2N5S/c1-13-15(11-24-27(13)14-6-3-2-4-7-14)19-12-28-20(25-19)26-23-10-16-17(21)8-5-9-18(16)22/h2-12H,1H3,(H,25,26)/b23-10+. The van der Waals surface area contributed by atoms with E-state index < -0.39 is 0 Å². The van der Waals surface area contributed by atoms with Crippen molar-refractivity contribution in [1.82, 2.24) is 14.8 Å². The van der Waals surface area contributed by atoms with Gasteiger partial charge in [0.05, 0.1) is 39.5 Å². The van der Waals surface area contributed by atoms with Gasteiger partial charge in [-0.1, -0.05) is 47.5 Å². The maximum absolute atomic E-state index is 6.14. The second-order valence-corrected chi connectivity index (χ2v) is 7.61. The first kappa shape index (κ1) is 18.7. The number of nitrogens with one attached hydrogen (secondary N) is 1. The molecule has 0 aliphatic carbocycles. The fourth-order valence-corrected chi connectivity index (χ4v) is 3.88. The second kappa shape index (κ2) is 8.14. The molecular formula is C20H15Cl2N5S. The Morgan fingerprint density at radius 3 is 2.57 bits per heavy atom. The molecule has 0 atom stereocenters. The molecule has 0 bridgehead atoms. The van der Waals surface area contributed by atoms with Gasteiger partial charge in [0.15, 0.2) is 0 Å². The number of aromatic nitrogens is 3. The number of thiazole rings is 1. The predicted molar refractivity (Wildman–Crippen MR) is 117 cm³/mol. The molecule has 2 aromatic carbocycles. The molecule has 1 N–H and O–H groups in total. The van der Waals surface area contributed by atoms with Crippen molar-refractivity contribution in [2.24, 2.45) is 5.10 Å². The van der Waals surface area contributed by atoms with Crippen molar-refractivity contribution in [3.05, 3.63) is 81.4 Å². The highest BCUT2D eigenvalue weighted by Gasteiger charge is 2.13. The number of hydrogen-bond acceptors (Lipinski definition) is 5. The third-order valence-corrected chi connectivity index (χ3v) is 5.55. The van der Waals surface area contributed by atoms with Crippen LogP contribution in [0, 0.1) is 6.92 Å². The lowest BCUT2D eigenvalue weighted by atomic mass is 10.2. The molecule has 0 fully saturated rings. The van der Waals surface area contributed by atoms with Gasteiger partial charge in [0.2, 0.25) is 5.13 Å². The van der Waals surface area contributed by atoms with E-state index >= 15 is 0 Å². The van der Waals surface area contributed by atoms with Gasteiger partial charge >= 0.3 is 0 Å². The molecule has 0 radical (unpaired) electrons. The smallest absolute Gasteiger partial charge is 0.203 e. The maximum atomic E-state index is 6.14. The first-order chi connectivity index (χ1) is 13.6. The predicted octanol–water partition coefficient (Wildman–Crippen LogP) is 6.06. The third kappa shape index (κ3) is 3.80. The van der Waals surface area contributed by atoms with Crippen molar-refractivity contribution in [2.75, 3.05) is 5.43 Å². The Kier molecular flexibility index (Phi) is 5.43. The van der Waals surface area contributed by atoms with Crippen molar-refractivity contribution in [3.63, 3.8) is 0 Å². The average molecular weight is 428 g/mol. The van der Waals surface area contributed by atoms with E-state index in [4.69, 9.17) is 23.2 Å². The van der Waals surface area contributed by atoms with E-state index in [0.29, 0.717) is 20.7 Å². The highest BCUT2D eigenvalue weighted by Crippen LogP contribution is 2.28. The van der Waals surface area contributed by atoms with Crippen molar-refractivity contribution in [3.8, 4) is 16.9 Å². The number of para-hydroxylation sites is 1. The summed E-state index contributed by atoms with van der Waals surface area (Å²) in [5, 5.41) is 12.4. The van der Waals surface area contributed by atoms with Crippen LogP contribution < -0.4 is 5.43 Å². The van der Waals surface area contributed by atoms with E-state index in [1.807, 2.05) is 53.5 Å². The zero-order valence-corrected chi connectivity index (χ0v) is 17.1. The Hall–Kier alpha value is -2.67. The highest BCUT2D eigenvalue weighted by molar-refractivity contribution is 7.14. The molecule has 0 amide bonds. The number of halogens is 2. The summed E-state index contributed by atoms with van der Waals surface area (Å²) in [4.78, 5) is 4.60. The first-order valence-electron chi connectivity index (χ1n) is 8.42. The van der Waals surface area contributed by atoms with Crippen LogP contribution in [0.1, 0.15) is 11.3 Å². The molecule has 0 spiro atoms. The quantitative estimate of drug-likeness (QED) is 0.311. The lowest BCUT2D eigenvalue weighted by Gasteiger charge is -2.04. The van der Waals surface area contributed by atoms with Crippen molar-refractivity contribution >= 4 is 45.9 Å². The van der Waals surface area contributed by atoms with E-state index in [1.54, 1.807) is 24.4 Å². The van der Waals surface area contributed by atoms with Crippen LogP contribution in [-0.4, -0.2) is 21.0 Å². The Morgan fingerprint density at radius 1 is 1.07 bits per heavy atom. The van der Waals surface area contributed by atoms with Crippen molar-refractivity contribution in [2.45, 2.75) is 6.92 Å². The first-order valence-corrected chi connectivity index (χ1v) is 10.1. The molecule has 2 aromatic heterocycles. The topological polar surface area (TPSA) is 55.1 Å². The molecule has 28 heavy (non-hydrogen) atoms. The van der Waals surface area contributed by atoms with Crippen LogP contribution in [0.5, 0.6) is 0 Å². The van der Waals surface area contributed by atoms with Gasteiger partial charge in [0.1, 0.15) is 0 Å². The molecule has 0 saturated heterocycles. The number of rotatable bonds is 5. The lowest BCUT2D eigenvalue weighted by molar-refractivity contribution is 0.847. The summed E-state index contributed by atoms with van der Waals surface area (Å²) >= 11 is 13.7. The Bertz CT molecular complexity index is 1110. The SMILES string of the molecule is Cc1c(-c2csc(N/N=C/c3c(Cl)cccc3Cl)n2)cnn1-c1ccccc1. The van der Waals surface area contributed by atoms with Crippen LogP contribution in [0.25, 0.3) is 16.9 Å². The van der Waals surface area contributed by atoms with Gasteiger partial charge in [0.25, 0.3) is 0 Å². The number of benzene rings is 2. The molecule has 8 heteroatoms. The van der Waals surface area contributed by atoms with E-state index in [-0.39, 0.29) is 0 Å². The van der Waals surface area contributed by atoms with Crippen molar-refractivity contribution < 1.29 is 0 Å². The summed E-state index contributed by atoms with van der Waals surface area (Å²) in [6.07, 6.45) is 3.42. The van der Waals surface area contributed by atoms with Gasteiger partial charge in [-0.05, 0) is 31.2 Å². The number of anilines is 1. The molecule has 4 rings (SSSR count). The van der Waals surface area contributed by atoms with E-state index in [0.717, 1.165) is 22.6 Å². The molecular weight excluding hydrogens is 413 g/mol. The molecule has 5 nitrogen and oxygen atoms in total. The van der Waals surface area contributed by atoms with Gasteiger partial charge < -0.3 is 0 Å². The zero-order chi connectivity index (χ0) is 19.5. The van der Waals surface area contributed by atoms with Gasteiger partial charge in [-0.25, -0.2) is 9.67 Å². The lowest BCUT2D eigenvalue weighted by Crippen LogP contribution is -1.98. The van der Waals surface area contributed by atoms with Crippen LogP contribution in [0.3, 0.4) is 0 Å². The molecule has 0 unspecified atom stereocenters. The van der Waals surface area contributed by atoms with Crippen LogP contribution in [0.4, 0.5) is 5.13 Å². The third-order valence-electron chi connectivity index (χ3n) is 4.14. The maximum Gasteiger partial charge on any atom is 0.203 e. The van der Waals surface area contributed by atoms with Gasteiger partial charge in [-0.15, -0.1) is 11.3 Å². The summed E-state index contributed by atoms with van der Waals surface area (Å²) < 4.78 is 1.90. The Balaban J connectivity index is 1.53. The van der Waals surface area contributed by atoms with Crippen LogP contribution in [0.2, 0.25) is 10.0 Å². The molecule has 4 aromatic rings. The summed E-state index contributed by atoms with van der Waals surface area (Å²) in [6, 6.07) is 15.3. The van der Waals surface area contributed by atoms with Gasteiger partial charge in [-0.3, -0.25) is 5.43 Å². The summed E-state index contributed by atoms with van der Waals surface area (Å²) in [7, 11) is 0. The van der Waals surface area contributed by atoms with Gasteiger partial charge in [-0.2, -0.15) is 10.2 Å². The molecule has 140 valence electrons. The molecule has 0 aliphatic heterocycles. The van der Waals surface area contributed by atoms with Gasteiger partial charge in [0, 0.05) is 16.5 Å². The largest absolute Gasteiger partial charge is 0.253 e. The number of hydrogen-bond donors (Lipinski definition) is 1. The van der Waals surface area contributed by atoms with Crippen LogP contribution in [0.15, 0.2) is 65.2 Å². The normalized spacial score (nSPS) is 11.2. The Morgan fingerprint density at radius 2 is 1.82 bits per heavy atom. The van der Waals surface area contributed by atoms with E-state index in [1.165, 1.54) is 11.3 Å². The fraction of sp³-hybridized carbons (Fsp3) is 0.0500. The zero-order valence-electron chi connectivity index (χ0n) is 14.8.